The Morgan fingerprint density at radius 2 is 1.84 bits per heavy atom. The summed E-state index contributed by atoms with van der Waals surface area (Å²) in [7, 11) is 0. The molecular formula is C14H26Cl2N2S. The zero-order valence-corrected chi connectivity index (χ0v) is 14.5. The van der Waals surface area contributed by atoms with Crippen LogP contribution < -0.4 is 5.32 Å². The van der Waals surface area contributed by atoms with Crippen LogP contribution in [0.3, 0.4) is 0 Å². The molecule has 1 aromatic rings. The van der Waals surface area contributed by atoms with Crippen molar-refractivity contribution in [2.45, 2.75) is 33.2 Å². The summed E-state index contributed by atoms with van der Waals surface area (Å²) in [6.45, 7) is 11.5. The van der Waals surface area contributed by atoms with Crippen molar-refractivity contribution in [2.75, 3.05) is 26.2 Å². The lowest BCUT2D eigenvalue weighted by Crippen LogP contribution is -2.45. The van der Waals surface area contributed by atoms with Gasteiger partial charge in [-0.05, 0) is 31.4 Å². The molecule has 0 saturated carbocycles. The number of thiophene rings is 1. The smallest absolute Gasteiger partial charge is 0.0445 e. The van der Waals surface area contributed by atoms with E-state index in [1.165, 1.54) is 24.4 Å². The molecule has 1 aliphatic rings. The van der Waals surface area contributed by atoms with E-state index < -0.39 is 0 Å². The van der Waals surface area contributed by atoms with Gasteiger partial charge in [-0.3, -0.25) is 4.90 Å². The highest BCUT2D eigenvalue weighted by molar-refractivity contribution is 7.12. The first-order valence-electron chi connectivity index (χ1n) is 6.68. The Morgan fingerprint density at radius 3 is 2.32 bits per heavy atom. The number of hydrogen-bond donors (Lipinski definition) is 1. The first-order valence-corrected chi connectivity index (χ1v) is 7.49. The quantitative estimate of drug-likeness (QED) is 0.903. The second-order valence-electron chi connectivity index (χ2n) is 5.38. The van der Waals surface area contributed by atoms with Crippen LogP contribution in [0.2, 0.25) is 0 Å². The molecule has 0 radical (unpaired) electrons. The third kappa shape index (κ3) is 5.60. The van der Waals surface area contributed by atoms with E-state index in [2.05, 4.69) is 43.1 Å². The SMILES string of the molecule is Cc1ccc([C@@H](CC(C)C)N2CCNCC2)s1.Cl.Cl. The van der Waals surface area contributed by atoms with Crippen LogP contribution in [0.25, 0.3) is 0 Å². The molecule has 112 valence electrons. The van der Waals surface area contributed by atoms with Crippen LogP contribution in [0, 0.1) is 12.8 Å². The molecule has 1 saturated heterocycles. The molecular weight excluding hydrogens is 299 g/mol. The molecule has 2 nitrogen and oxygen atoms in total. The first-order chi connectivity index (χ1) is 8.16. The fourth-order valence-electron chi connectivity index (χ4n) is 2.52. The number of nitrogens with zero attached hydrogens (tertiary/aromatic N) is 1. The molecule has 2 rings (SSSR count). The lowest BCUT2D eigenvalue weighted by atomic mass is 10.0. The van der Waals surface area contributed by atoms with Gasteiger partial charge in [-0.2, -0.15) is 0 Å². The summed E-state index contributed by atoms with van der Waals surface area (Å²) in [6.07, 6.45) is 1.28. The topological polar surface area (TPSA) is 15.3 Å². The van der Waals surface area contributed by atoms with Gasteiger partial charge in [0.15, 0.2) is 0 Å². The molecule has 1 aliphatic heterocycles. The van der Waals surface area contributed by atoms with E-state index in [1.807, 2.05) is 11.3 Å². The third-order valence-corrected chi connectivity index (χ3v) is 4.48. The van der Waals surface area contributed by atoms with Crippen LogP contribution in [-0.2, 0) is 0 Å². The predicted octanol–water partition coefficient (Wildman–Crippen LogP) is 3.89. The Labute approximate surface area is 133 Å². The van der Waals surface area contributed by atoms with Gasteiger partial charge in [0, 0.05) is 42.0 Å². The van der Waals surface area contributed by atoms with Gasteiger partial charge in [0.25, 0.3) is 0 Å². The third-order valence-electron chi connectivity index (χ3n) is 3.38. The number of halogens is 2. The number of hydrogen-bond acceptors (Lipinski definition) is 3. The molecule has 0 spiro atoms. The minimum Gasteiger partial charge on any atom is -0.314 e. The molecule has 5 heteroatoms. The van der Waals surface area contributed by atoms with Crippen molar-refractivity contribution in [3.8, 4) is 0 Å². The Hall–Kier alpha value is 0.200. The van der Waals surface area contributed by atoms with E-state index >= 15 is 0 Å². The maximum Gasteiger partial charge on any atom is 0.0445 e. The Kier molecular flexibility index (Phi) is 9.29. The van der Waals surface area contributed by atoms with Crippen molar-refractivity contribution >= 4 is 36.2 Å². The van der Waals surface area contributed by atoms with Crippen LogP contribution >= 0.6 is 36.2 Å². The number of aryl methyl sites for hydroxylation is 1. The molecule has 1 aromatic heterocycles. The van der Waals surface area contributed by atoms with Gasteiger partial charge in [0.1, 0.15) is 0 Å². The molecule has 0 aromatic carbocycles. The average molecular weight is 325 g/mol. The molecule has 0 amide bonds. The molecule has 2 heterocycles. The van der Waals surface area contributed by atoms with Crippen molar-refractivity contribution < 1.29 is 0 Å². The maximum absolute atomic E-state index is 3.44. The van der Waals surface area contributed by atoms with Crippen LogP contribution in [0.4, 0.5) is 0 Å². The summed E-state index contributed by atoms with van der Waals surface area (Å²) in [4.78, 5) is 5.64. The zero-order valence-electron chi connectivity index (χ0n) is 12.0. The van der Waals surface area contributed by atoms with Gasteiger partial charge in [-0.15, -0.1) is 36.2 Å². The normalized spacial score (nSPS) is 17.7. The summed E-state index contributed by atoms with van der Waals surface area (Å²) in [5.41, 5.74) is 0. The van der Waals surface area contributed by atoms with Gasteiger partial charge in [0.05, 0.1) is 0 Å². The van der Waals surface area contributed by atoms with Gasteiger partial charge < -0.3 is 5.32 Å². The lowest BCUT2D eigenvalue weighted by molar-refractivity contribution is 0.156. The second kappa shape index (κ2) is 9.19. The van der Waals surface area contributed by atoms with Gasteiger partial charge in [-0.1, -0.05) is 13.8 Å². The summed E-state index contributed by atoms with van der Waals surface area (Å²) in [5.74, 6) is 0.761. The molecule has 1 atom stereocenters. The monoisotopic (exact) mass is 324 g/mol. The maximum atomic E-state index is 3.44. The Morgan fingerprint density at radius 1 is 1.21 bits per heavy atom. The van der Waals surface area contributed by atoms with Crippen LogP contribution in [0.5, 0.6) is 0 Å². The van der Waals surface area contributed by atoms with Gasteiger partial charge >= 0.3 is 0 Å². The van der Waals surface area contributed by atoms with Gasteiger partial charge in [0.2, 0.25) is 0 Å². The van der Waals surface area contributed by atoms with Gasteiger partial charge in [-0.25, -0.2) is 0 Å². The highest BCUT2D eigenvalue weighted by Gasteiger charge is 2.23. The Bertz CT molecular complexity index is 349. The Balaban J connectivity index is 0.00000162. The van der Waals surface area contributed by atoms with E-state index in [1.54, 1.807) is 4.88 Å². The number of piperazine rings is 1. The van der Waals surface area contributed by atoms with Crippen molar-refractivity contribution in [3.05, 3.63) is 21.9 Å². The highest BCUT2D eigenvalue weighted by atomic mass is 35.5. The van der Waals surface area contributed by atoms with E-state index in [0.717, 1.165) is 19.0 Å². The molecule has 1 fully saturated rings. The molecule has 0 aliphatic carbocycles. The summed E-state index contributed by atoms with van der Waals surface area (Å²) >= 11 is 1.97. The molecule has 0 bridgehead atoms. The number of rotatable bonds is 4. The fraction of sp³-hybridized carbons (Fsp3) is 0.714. The summed E-state index contributed by atoms with van der Waals surface area (Å²) in [5, 5.41) is 3.44. The predicted molar refractivity (Wildman–Crippen MR) is 90.2 cm³/mol. The molecule has 19 heavy (non-hydrogen) atoms. The summed E-state index contributed by atoms with van der Waals surface area (Å²) in [6, 6.07) is 5.22. The van der Waals surface area contributed by atoms with Crippen molar-refractivity contribution in [3.63, 3.8) is 0 Å². The van der Waals surface area contributed by atoms with Crippen LogP contribution in [0.15, 0.2) is 12.1 Å². The molecule has 1 N–H and O–H groups in total. The minimum absolute atomic E-state index is 0. The standard InChI is InChI=1S/C14H24N2S.2ClH/c1-11(2)10-13(14-5-4-12(3)17-14)16-8-6-15-7-9-16;;/h4-5,11,13,15H,6-10H2,1-3H3;2*1H/t13-;;/m1../s1. The fourth-order valence-corrected chi connectivity index (χ4v) is 3.54. The number of nitrogens with one attached hydrogen (secondary N) is 1. The van der Waals surface area contributed by atoms with E-state index in [4.69, 9.17) is 0 Å². The molecule has 0 unspecified atom stereocenters. The van der Waals surface area contributed by atoms with Crippen LogP contribution in [0.1, 0.15) is 36.1 Å². The zero-order chi connectivity index (χ0) is 12.3. The first kappa shape index (κ1) is 19.2. The minimum atomic E-state index is 0. The van der Waals surface area contributed by atoms with Crippen LogP contribution in [-0.4, -0.2) is 31.1 Å². The van der Waals surface area contributed by atoms with Crippen molar-refractivity contribution in [1.82, 2.24) is 10.2 Å². The largest absolute Gasteiger partial charge is 0.314 e. The highest BCUT2D eigenvalue weighted by Crippen LogP contribution is 2.32. The summed E-state index contributed by atoms with van der Waals surface area (Å²) < 4.78 is 0. The van der Waals surface area contributed by atoms with Crippen molar-refractivity contribution in [2.24, 2.45) is 5.92 Å². The lowest BCUT2D eigenvalue weighted by Gasteiger charge is -2.35. The van der Waals surface area contributed by atoms with E-state index in [9.17, 15) is 0 Å². The second-order valence-corrected chi connectivity index (χ2v) is 6.70. The average Bonchev–Trinajstić information content (AvgIpc) is 2.73. The van der Waals surface area contributed by atoms with E-state index in [0.29, 0.717) is 6.04 Å². The van der Waals surface area contributed by atoms with E-state index in [-0.39, 0.29) is 24.8 Å². The van der Waals surface area contributed by atoms with Crippen molar-refractivity contribution in [1.29, 1.82) is 0 Å².